The summed E-state index contributed by atoms with van der Waals surface area (Å²) in [6.45, 7) is 0. The second-order valence-corrected chi connectivity index (χ2v) is 4.30. The number of nitrogens with one attached hydrogen (secondary N) is 1. The Morgan fingerprint density at radius 2 is 2.11 bits per heavy atom. The summed E-state index contributed by atoms with van der Waals surface area (Å²) in [4.78, 5) is 15.0. The second kappa shape index (κ2) is 4.33. The molecule has 0 radical (unpaired) electrons. The SMILES string of the molecule is O=C(O)c1[nH]nnc1-c1ccc2cc(Cl)ncc2c1. The summed E-state index contributed by atoms with van der Waals surface area (Å²) >= 11 is 5.81. The van der Waals surface area contributed by atoms with E-state index >= 15 is 0 Å². The number of carboxylic acids is 1. The largest absolute Gasteiger partial charge is 0.476 e. The third-order valence-electron chi connectivity index (χ3n) is 2.72. The van der Waals surface area contributed by atoms with Gasteiger partial charge in [-0.2, -0.15) is 0 Å². The maximum atomic E-state index is 11.0. The summed E-state index contributed by atoms with van der Waals surface area (Å²) in [6, 6.07) is 7.13. The molecule has 0 atom stereocenters. The van der Waals surface area contributed by atoms with Gasteiger partial charge in [-0.25, -0.2) is 9.78 Å². The van der Waals surface area contributed by atoms with Gasteiger partial charge in [-0.05, 0) is 17.5 Å². The minimum absolute atomic E-state index is 0.0405. The third-order valence-corrected chi connectivity index (χ3v) is 2.93. The van der Waals surface area contributed by atoms with Crippen LogP contribution in [0.3, 0.4) is 0 Å². The number of aromatic nitrogens is 4. The van der Waals surface area contributed by atoms with Crippen molar-refractivity contribution in [3.63, 3.8) is 0 Å². The number of aromatic carboxylic acids is 1. The zero-order valence-corrected chi connectivity index (χ0v) is 10.2. The first-order chi connectivity index (χ1) is 9.15. The van der Waals surface area contributed by atoms with Gasteiger partial charge in [0.25, 0.3) is 0 Å². The predicted molar refractivity (Wildman–Crippen MR) is 69.1 cm³/mol. The minimum Gasteiger partial charge on any atom is -0.476 e. The van der Waals surface area contributed by atoms with E-state index in [1.54, 1.807) is 24.4 Å². The van der Waals surface area contributed by atoms with Gasteiger partial charge >= 0.3 is 5.97 Å². The number of H-pyrrole nitrogens is 1. The topological polar surface area (TPSA) is 91.8 Å². The summed E-state index contributed by atoms with van der Waals surface area (Å²) in [5.74, 6) is -1.10. The standard InChI is InChI=1S/C12H7ClN4O2/c13-9-4-6-1-2-7(3-8(6)5-14-9)10-11(12(18)19)16-17-15-10/h1-5H,(H,18,19)(H,15,16,17). The summed E-state index contributed by atoms with van der Waals surface area (Å²) < 4.78 is 0. The smallest absolute Gasteiger partial charge is 0.356 e. The van der Waals surface area contributed by atoms with Crippen molar-refractivity contribution in [2.45, 2.75) is 0 Å². The predicted octanol–water partition coefficient (Wildman–Crippen LogP) is 2.37. The maximum Gasteiger partial charge on any atom is 0.356 e. The van der Waals surface area contributed by atoms with Gasteiger partial charge in [-0.3, -0.25) is 5.10 Å². The molecule has 0 saturated carbocycles. The van der Waals surface area contributed by atoms with Crippen LogP contribution in [0.1, 0.15) is 10.5 Å². The number of aromatic amines is 1. The van der Waals surface area contributed by atoms with E-state index in [4.69, 9.17) is 16.7 Å². The number of hydrogen-bond acceptors (Lipinski definition) is 4. The van der Waals surface area contributed by atoms with Crippen LogP contribution in [0.2, 0.25) is 5.15 Å². The molecule has 0 unspecified atom stereocenters. The van der Waals surface area contributed by atoms with E-state index in [2.05, 4.69) is 20.4 Å². The van der Waals surface area contributed by atoms with Gasteiger partial charge in [0.1, 0.15) is 10.8 Å². The number of carbonyl (C=O) groups is 1. The number of rotatable bonds is 2. The van der Waals surface area contributed by atoms with E-state index in [0.29, 0.717) is 16.4 Å². The molecule has 2 heterocycles. The molecule has 0 bridgehead atoms. The number of hydrogen-bond donors (Lipinski definition) is 2. The van der Waals surface area contributed by atoms with Gasteiger partial charge in [0.05, 0.1) is 0 Å². The van der Waals surface area contributed by atoms with E-state index in [0.717, 1.165) is 10.8 Å². The molecule has 0 amide bonds. The average Bonchev–Trinajstić information content (AvgIpc) is 2.87. The highest BCUT2D eigenvalue weighted by atomic mass is 35.5. The summed E-state index contributed by atoms with van der Waals surface area (Å²) in [5, 5.41) is 20.9. The van der Waals surface area contributed by atoms with Gasteiger partial charge in [-0.15, -0.1) is 5.10 Å². The Bertz CT molecular complexity index is 784. The fourth-order valence-corrected chi connectivity index (χ4v) is 2.01. The Hall–Kier alpha value is -2.47. The lowest BCUT2D eigenvalue weighted by Gasteiger charge is -2.02. The lowest BCUT2D eigenvalue weighted by Crippen LogP contribution is -1.99. The molecule has 2 N–H and O–H groups in total. The second-order valence-electron chi connectivity index (χ2n) is 3.91. The molecule has 2 aromatic heterocycles. The number of carboxylic acid groups (broad SMARTS) is 1. The molecule has 0 aliphatic carbocycles. The van der Waals surface area contributed by atoms with Crippen LogP contribution in [-0.2, 0) is 0 Å². The Balaban J connectivity index is 2.18. The van der Waals surface area contributed by atoms with Crippen molar-refractivity contribution in [1.29, 1.82) is 0 Å². The number of fused-ring (bicyclic) bond motifs is 1. The fraction of sp³-hybridized carbons (Fsp3) is 0. The monoisotopic (exact) mass is 274 g/mol. The molecule has 7 heteroatoms. The third kappa shape index (κ3) is 2.02. The van der Waals surface area contributed by atoms with Crippen molar-refractivity contribution in [3.8, 4) is 11.3 Å². The Morgan fingerprint density at radius 1 is 1.26 bits per heavy atom. The molecule has 3 aromatic rings. The van der Waals surface area contributed by atoms with Gasteiger partial charge in [0, 0.05) is 17.1 Å². The first kappa shape index (κ1) is 11.6. The Kier molecular flexibility index (Phi) is 2.64. The molecule has 0 spiro atoms. The highest BCUT2D eigenvalue weighted by Crippen LogP contribution is 2.25. The molecule has 0 saturated heterocycles. The average molecular weight is 275 g/mol. The van der Waals surface area contributed by atoms with Crippen molar-refractivity contribution in [2.75, 3.05) is 0 Å². The number of pyridine rings is 1. The van der Waals surface area contributed by atoms with Crippen molar-refractivity contribution in [3.05, 3.63) is 41.3 Å². The molecule has 19 heavy (non-hydrogen) atoms. The number of benzene rings is 1. The number of nitrogens with zero attached hydrogens (tertiary/aromatic N) is 3. The van der Waals surface area contributed by atoms with Crippen molar-refractivity contribution in [2.24, 2.45) is 0 Å². The van der Waals surface area contributed by atoms with Gasteiger partial charge in [0.15, 0.2) is 5.69 Å². The zero-order valence-electron chi connectivity index (χ0n) is 9.46. The van der Waals surface area contributed by atoms with Crippen LogP contribution < -0.4 is 0 Å². The molecule has 94 valence electrons. The molecular weight excluding hydrogens is 268 g/mol. The van der Waals surface area contributed by atoms with E-state index in [-0.39, 0.29) is 5.69 Å². The van der Waals surface area contributed by atoms with E-state index in [9.17, 15) is 4.79 Å². The molecule has 0 aliphatic heterocycles. The Labute approximate surface area is 112 Å². The Morgan fingerprint density at radius 3 is 2.89 bits per heavy atom. The van der Waals surface area contributed by atoms with E-state index in [1.165, 1.54) is 0 Å². The van der Waals surface area contributed by atoms with Gasteiger partial charge < -0.3 is 5.11 Å². The number of halogens is 1. The lowest BCUT2D eigenvalue weighted by molar-refractivity contribution is 0.0691. The normalized spacial score (nSPS) is 10.8. The first-order valence-corrected chi connectivity index (χ1v) is 5.73. The summed E-state index contributed by atoms with van der Waals surface area (Å²) in [7, 11) is 0. The summed E-state index contributed by atoms with van der Waals surface area (Å²) in [6.07, 6.45) is 1.63. The highest BCUT2D eigenvalue weighted by Gasteiger charge is 2.16. The molecule has 0 aliphatic rings. The highest BCUT2D eigenvalue weighted by molar-refractivity contribution is 6.30. The van der Waals surface area contributed by atoms with Gasteiger partial charge in [-0.1, -0.05) is 28.9 Å². The summed E-state index contributed by atoms with van der Waals surface area (Å²) in [5.41, 5.74) is 0.911. The molecule has 6 nitrogen and oxygen atoms in total. The van der Waals surface area contributed by atoms with Crippen molar-refractivity contribution >= 4 is 28.3 Å². The molecule has 3 rings (SSSR count). The van der Waals surface area contributed by atoms with Gasteiger partial charge in [0.2, 0.25) is 0 Å². The van der Waals surface area contributed by atoms with Crippen molar-refractivity contribution < 1.29 is 9.90 Å². The van der Waals surface area contributed by atoms with Crippen molar-refractivity contribution in [1.82, 2.24) is 20.4 Å². The van der Waals surface area contributed by atoms with Crippen LogP contribution in [0.4, 0.5) is 0 Å². The van der Waals surface area contributed by atoms with Crippen LogP contribution in [0, 0.1) is 0 Å². The van der Waals surface area contributed by atoms with Crippen LogP contribution in [0.15, 0.2) is 30.5 Å². The minimum atomic E-state index is -1.10. The van der Waals surface area contributed by atoms with Crippen LogP contribution >= 0.6 is 11.6 Å². The zero-order chi connectivity index (χ0) is 13.4. The van der Waals surface area contributed by atoms with Crippen LogP contribution in [-0.4, -0.2) is 31.5 Å². The fourth-order valence-electron chi connectivity index (χ4n) is 1.84. The molecule has 1 aromatic carbocycles. The van der Waals surface area contributed by atoms with Crippen LogP contribution in [0.5, 0.6) is 0 Å². The molecular formula is C12H7ClN4O2. The first-order valence-electron chi connectivity index (χ1n) is 5.35. The van der Waals surface area contributed by atoms with E-state index < -0.39 is 5.97 Å². The quantitative estimate of drug-likeness (QED) is 0.700. The van der Waals surface area contributed by atoms with E-state index in [1.807, 2.05) is 6.07 Å². The lowest BCUT2D eigenvalue weighted by atomic mass is 10.1. The molecule has 0 fully saturated rings. The maximum absolute atomic E-state index is 11.0. The van der Waals surface area contributed by atoms with Crippen LogP contribution in [0.25, 0.3) is 22.0 Å².